The zero-order valence-corrected chi connectivity index (χ0v) is 16.8. The second-order valence-corrected chi connectivity index (χ2v) is 8.99. The molecule has 28 heavy (non-hydrogen) atoms. The number of rotatable bonds is 5. The Kier molecular flexibility index (Phi) is 6.23. The van der Waals surface area contributed by atoms with Crippen molar-refractivity contribution < 1.29 is 26.4 Å². The van der Waals surface area contributed by atoms with Crippen molar-refractivity contribution in [3.8, 4) is 0 Å². The Balaban J connectivity index is 2.37. The summed E-state index contributed by atoms with van der Waals surface area (Å²) in [6.45, 7) is 7.97. The van der Waals surface area contributed by atoms with Gasteiger partial charge in [0.2, 0.25) is 0 Å². The molecular weight excluding hydrogens is 391 g/mol. The van der Waals surface area contributed by atoms with Crippen LogP contribution >= 0.6 is 0 Å². The Labute approximate surface area is 162 Å². The van der Waals surface area contributed by atoms with Crippen LogP contribution in [-0.4, -0.2) is 19.8 Å². The third-order valence-electron chi connectivity index (χ3n) is 4.34. The van der Waals surface area contributed by atoms with Gasteiger partial charge in [-0.05, 0) is 47.2 Å². The molecule has 1 N–H and O–H groups in total. The van der Waals surface area contributed by atoms with E-state index >= 15 is 0 Å². The average Bonchev–Trinajstić information content (AvgIpc) is 2.60. The van der Waals surface area contributed by atoms with Gasteiger partial charge in [-0.25, -0.2) is 8.42 Å². The normalized spacial score (nSPS) is 12.5. The van der Waals surface area contributed by atoms with Gasteiger partial charge in [0.05, 0.1) is 4.90 Å². The SMILES string of the molecule is CC(C)c1cccc(C(C)C)c1NC(=O)c1ccc(S(=O)(=O)C(F)(F)F)cc1. The molecule has 8 heteroatoms. The predicted octanol–water partition coefficient (Wildman–Crippen LogP) is 5.48. The fraction of sp³-hybridized carbons (Fsp3) is 0.350. The molecule has 0 spiro atoms. The van der Waals surface area contributed by atoms with Crippen molar-refractivity contribution in [3.63, 3.8) is 0 Å². The molecule has 0 aliphatic heterocycles. The molecule has 0 heterocycles. The molecule has 0 aliphatic rings. The van der Waals surface area contributed by atoms with Crippen LogP contribution in [0.25, 0.3) is 0 Å². The fourth-order valence-electron chi connectivity index (χ4n) is 2.80. The molecule has 0 aromatic heterocycles. The third kappa shape index (κ3) is 4.38. The molecule has 2 rings (SSSR count). The Morgan fingerprint density at radius 3 is 1.75 bits per heavy atom. The number of carbonyl (C=O) groups is 1. The van der Waals surface area contributed by atoms with Gasteiger partial charge >= 0.3 is 5.51 Å². The average molecular weight is 413 g/mol. The lowest BCUT2D eigenvalue weighted by Gasteiger charge is -2.20. The number of sulfone groups is 1. The van der Waals surface area contributed by atoms with Crippen molar-refractivity contribution in [2.45, 2.75) is 49.9 Å². The van der Waals surface area contributed by atoms with Gasteiger partial charge in [0.25, 0.3) is 15.7 Å². The van der Waals surface area contributed by atoms with E-state index in [1.165, 1.54) is 0 Å². The minimum Gasteiger partial charge on any atom is -0.321 e. The summed E-state index contributed by atoms with van der Waals surface area (Å²) in [5.41, 5.74) is -2.77. The molecule has 0 saturated heterocycles. The van der Waals surface area contributed by atoms with Gasteiger partial charge in [-0.3, -0.25) is 4.79 Å². The summed E-state index contributed by atoms with van der Waals surface area (Å²) >= 11 is 0. The molecule has 1 amide bonds. The van der Waals surface area contributed by atoms with Crippen LogP contribution in [0.3, 0.4) is 0 Å². The molecule has 0 unspecified atom stereocenters. The highest BCUT2D eigenvalue weighted by Gasteiger charge is 2.46. The number of alkyl halides is 3. The van der Waals surface area contributed by atoms with Crippen molar-refractivity contribution in [2.24, 2.45) is 0 Å². The number of benzene rings is 2. The lowest BCUT2D eigenvalue weighted by atomic mass is 9.92. The molecule has 4 nitrogen and oxygen atoms in total. The lowest BCUT2D eigenvalue weighted by Crippen LogP contribution is -2.23. The van der Waals surface area contributed by atoms with E-state index in [1.54, 1.807) is 0 Å². The van der Waals surface area contributed by atoms with Crippen LogP contribution in [0.4, 0.5) is 18.9 Å². The molecule has 152 valence electrons. The highest BCUT2D eigenvalue weighted by Crippen LogP contribution is 2.33. The van der Waals surface area contributed by atoms with E-state index in [9.17, 15) is 26.4 Å². The zero-order chi connectivity index (χ0) is 21.3. The minimum atomic E-state index is -5.45. The Bertz CT molecular complexity index is 937. The number of halogens is 3. The van der Waals surface area contributed by atoms with Gasteiger partial charge in [0.1, 0.15) is 0 Å². The van der Waals surface area contributed by atoms with Crippen molar-refractivity contribution in [2.75, 3.05) is 5.32 Å². The van der Waals surface area contributed by atoms with Crippen LogP contribution in [0.5, 0.6) is 0 Å². The van der Waals surface area contributed by atoms with E-state index in [0.717, 1.165) is 35.4 Å². The fourth-order valence-corrected chi connectivity index (χ4v) is 3.56. The standard InChI is InChI=1S/C20H22F3NO3S/c1-12(2)16-6-5-7-17(13(3)4)18(16)24-19(25)14-8-10-15(11-9-14)28(26,27)20(21,22)23/h5-13H,1-4H3,(H,24,25). The van der Waals surface area contributed by atoms with Crippen LogP contribution in [0.1, 0.15) is 61.0 Å². The van der Waals surface area contributed by atoms with Crippen LogP contribution in [0, 0.1) is 0 Å². The predicted molar refractivity (Wildman–Crippen MR) is 102 cm³/mol. The number of carbonyl (C=O) groups excluding carboxylic acids is 1. The first-order valence-electron chi connectivity index (χ1n) is 8.71. The van der Waals surface area contributed by atoms with Crippen LogP contribution in [0.2, 0.25) is 0 Å². The van der Waals surface area contributed by atoms with Crippen LogP contribution in [-0.2, 0) is 9.84 Å². The number of hydrogen-bond donors (Lipinski definition) is 1. The zero-order valence-electron chi connectivity index (χ0n) is 16.0. The Morgan fingerprint density at radius 2 is 1.36 bits per heavy atom. The van der Waals surface area contributed by atoms with E-state index < -0.39 is 26.1 Å². The van der Waals surface area contributed by atoms with Gasteiger partial charge < -0.3 is 5.32 Å². The largest absolute Gasteiger partial charge is 0.501 e. The maximum absolute atomic E-state index is 12.6. The second-order valence-electron chi connectivity index (χ2n) is 7.05. The van der Waals surface area contributed by atoms with Gasteiger partial charge in [0.15, 0.2) is 0 Å². The van der Waals surface area contributed by atoms with E-state index in [-0.39, 0.29) is 17.4 Å². The Hall–Kier alpha value is -2.35. The molecule has 0 bridgehead atoms. The number of amides is 1. The number of anilines is 1. The van der Waals surface area contributed by atoms with Crippen molar-refractivity contribution >= 4 is 21.4 Å². The van der Waals surface area contributed by atoms with Gasteiger partial charge in [-0.2, -0.15) is 13.2 Å². The molecule has 0 radical (unpaired) electrons. The summed E-state index contributed by atoms with van der Waals surface area (Å²) in [5, 5.41) is 2.84. The van der Waals surface area contributed by atoms with Crippen molar-refractivity contribution in [1.29, 1.82) is 0 Å². The first-order valence-corrected chi connectivity index (χ1v) is 10.2. The highest BCUT2D eigenvalue weighted by molar-refractivity contribution is 7.92. The molecule has 2 aromatic carbocycles. The molecular formula is C20H22F3NO3S. The summed E-state index contributed by atoms with van der Waals surface area (Å²) in [7, 11) is -5.45. The topological polar surface area (TPSA) is 63.2 Å². The summed E-state index contributed by atoms with van der Waals surface area (Å²) in [6, 6.07) is 9.44. The summed E-state index contributed by atoms with van der Waals surface area (Å²) in [6.07, 6.45) is 0. The summed E-state index contributed by atoms with van der Waals surface area (Å²) in [4.78, 5) is 11.7. The smallest absolute Gasteiger partial charge is 0.321 e. The maximum atomic E-state index is 12.6. The lowest BCUT2D eigenvalue weighted by molar-refractivity contribution is -0.0436. The molecule has 0 aliphatic carbocycles. The Morgan fingerprint density at radius 1 is 0.893 bits per heavy atom. The monoisotopic (exact) mass is 413 g/mol. The third-order valence-corrected chi connectivity index (χ3v) is 5.85. The van der Waals surface area contributed by atoms with Gasteiger partial charge in [-0.1, -0.05) is 45.9 Å². The molecule has 0 fully saturated rings. The number of para-hydroxylation sites is 1. The number of nitrogens with one attached hydrogen (secondary N) is 1. The quantitative estimate of drug-likeness (QED) is 0.706. The molecule has 0 atom stereocenters. The molecule has 2 aromatic rings. The van der Waals surface area contributed by atoms with E-state index in [0.29, 0.717) is 5.69 Å². The van der Waals surface area contributed by atoms with E-state index in [1.807, 2.05) is 45.9 Å². The number of hydrogen-bond acceptors (Lipinski definition) is 3. The van der Waals surface area contributed by atoms with Crippen LogP contribution < -0.4 is 5.32 Å². The first kappa shape index (κ1) is 21.9. The summed E-state index contributed by atoms with van der Waals surface area (Å²) in [5.74, 6) is -0.229. The van der Waals surface area contributed by atoms with Crippen molar-refractivity contribution in [1.82, 2.24) is 0 Å². The summed E-state index contributed by atoms with van der Waals surface area (Å²) < 4.78 is 60.8. The van der Waals surface area contributed by atoms with Gasteiger partial charge in [0, 0.05) is 11.3 Å². The van der Waals surface area contributed by atoms with Gasteiger partial charge in [-0.15, -0.1) is 0 Å². The molecule has 0 saturated carbocycles. The van der Waals surface area contributed by atoms with E-state index in [2.05, 4.69) is 5.32 Å². The highest BCUT2D eigenvalue weighted by atomic mass is 32.2. The maximum Gasteiger partial charge on any atom is 0.501 e. The second kappa shape index (κ2) is 7.95. The van der Waals surface area contributed by atoms with Crippen LogP contribution in [0.15, 0.2) is 47.4 Å². The first-order chi connectivity index (χ1) is 12.9. The minimum absolute atomic E-state index is 0.0642. The van der Waals surface area contributed by atoms with Crippen molar-refractivity contribution in [3.05, 3.63) is 59.2 Å². The van der Waals surface area contributed by atoms with E-state index in [4.69, 9.17) is 0 Å².